The lowest BCUT2D eigenvalue weighted by Gasteiger charge is -2.27. The number of fused-ring (bicyclic) bond motifs is 1. The second-order valence-corrected chi connectivity index (χ2v) is 8.25. The first-order chi connectivity index (χ1) is 9.34. The minimum atomic E-state index is -0.162. The number of hydrogen-bond donors (Lipinski definition) is 2. The van der Waals surface area contributed by atoms with Gasteiger partial charge in [0.05, 0.1) is 16.4 Å². The average Bonchev–Trinajstić information content (AvgIpc) is 2.63. The Morgan fingerprint density at radius 3 is 2.90 bits per heavy atom. The van der Waals surface area contributed by atoms with E-state index < -0.39 is 0 Å². The van der Waals surface area contributed by atoms with Gasteiger partial charge in [-0.2, -0.15) is 0 Å². The van der Waals surface area contributed by atoms with Gasteiger partial charge in [-0.1, -0.05) is 26.1 Å². The SMILES string of the molecule is CN[C@@H](C)C(=S)N[C@H]1CCS[C@H]2CC(C)(C)CN2C1=O. The van der Waals surface area contributed by atoms with E-state index in [1.165, 1.54) is 0 Å². The van der Waals surface area contributed by atoms with Gasteiger partial charge in [0.15, 0.2) is 0 Å². The van der Waals surface area contributed by atoms with Gasteiger partial charge in [0.25, 0.3) is 0 Å². The van der Waals surface area contributed by atoms with Crippen molar-refractivity contribution in [3.05, 3.63) is 0 Å². The first kappa shape index (κ1) is 16.0. The second kappa shape index (κ2) is 6.20. The van der Waals surface area contributed by atoms with Crippen molar-refractivity contribution in [3.63, 3.8) is 0 Å². The molecule has 0 aromatic carbocycles. The van der Waals surface area contributed by atoms with Crippen molar-refractivity contribution in [2.24, 2.45) is 5.41 Å². The van der Waals surface area contributed by atoms with Crippen LogP contribution in [-0.2, 0) is 4.79 Å². The monoisotopic (exact) mass is 315 g/mol. The fourth-order valence-corrected chi connectivity index (χ4v) is 4.62. The van der Waals surface area contributed by atoms with Crippen molar-refractivity contribution in [1.29, 1.82) is 0 Å². The number of thiocarbonyl (C=S) groups is 1. The molecule has 0 saturated carbocycles. The van der Waals surface area contributed by atoms with Gasteiger partial charge in [0.2, 0.25) is 5.91 Å². The molecule has 0 bridgehead atoms. The highest BCUT2D eigenvalue weighted by Crippen LogP contribution is 2.41. The molecule has 0 aromatic rings. The maximum atomic E-state index is 12.7. The molecule has 0 spiro atoms. The van der Waals surface area contributed by atoms with Gasteiger partial charge in [-0.05, 0) is 38.0 Å². The summed E-state index contributed by atoms with van der Waals surface area (Å²) in [6.07, 6.45) is 1.95. The van der Waals surface area contributed by atoms with Crippen molar-refractivity contribution >= 4 is 34.9 Å². The number of amides is 1. The Balaban J connectivity index is 2.05. The summed E-state index contributed by atoms with van der Waals surface area (Å²) in [5.74, 6) is 1.23. The summed E-state index contributed by atoms with van der Waals surface area (Å²) < 4.78 is 0. The molecule has 2 saturated heterocycles. The van der Waals surface area contributed by atoms with Crippen LogP contribution in [0.2, 0.25) is 0 Å². The molecule has 2 aliphatic rings. The van der Waals surface area contributed by atoms with Crippen LogP contribution in [0.3, 0.4) is 0 Å². The Bertz CT molecular complexity index is 400. The fourth-order valence-electron chi connectivity index (χ4n) is 2.79. The van der Waals surface area contributed by atoms with Crippen LogP contribution in [0.25, 0.3) is 0 Å². The lowest BCUT2D eigenvalue weighted by molar-refractivity contribution is -0.132. The molecule has 0 unspecified atom stereocenters. The van der Waals surface area contributed by atoms with E-state index in [9.17, 15) is 4.79 Å². The molecule has 6 heteroatoms. The summed E-state index contributed by atoms with van der Waals surface area (Å²) in [5.41, 5.74) is 0.230. The first-order valence-electron chi connectivity index (χ1n) is 7.24. The van der Waals surface area contributed by atoms with Crippen molar-refractivity contribution in [2.75, 3.05) is 19.3 Å². The maximum Gasteiger partial charge on any atom is 0.246 e. The minimum Gasteiger partial charge on any atom is -0.367 e. The molecule has 2 heterocycles. The summed E-state index contributed by atoms with van der Waals surface area (Å²) in [6, 6.07) is -0.0655. The zero-order valence-corrected chi connectivity index (χ0v) is 14.4. The van der Waals surface area contributed by atoms with Crippen molar-refractivity contribution < 1.29 is 4.79 Å². The van der Waals surface area contributed by atoms with Gasteiger partial charge in [-0.25, -0.2) is 0 Å². The van der Waals surface area contributed by atoms with E-state index >= 15 is 0 Å². The van der Waals surface area contributed by atoms with E-state index in [4.69, 9.17) is 12.2 Å². The maximum absolute atomic E-state index is 12.7. The Hall–Kier alpha value is -0.330. The summed E-state index contributed by atoms with van der Waals surface area (Å²) in [5, 5.41) is 6.72. The van der Waals surface area contributed by atoms with E-state index in [0.717, 1.165) is 30.1 Å². The number of rotatable bonds is 3. The van der Waals surface area contributed by atoms with Gasteiger partial charge >= 0.3 is 0 Å². The average molecular weight is 316 g/mol. The Labute approximate surface area is 131 Å². The predicted molar refractivity (Wildman–Crippen MR) is 89.0 cm³/mol. The molecule has 114 valence electrons. The van der Waals surface area contributed by atoms with Gasteiger partial charge in [-0.15, -0.1) is 11.8 Å². The third-order valence-electron chi connectivity index (χ3n) is 4.11. The first-order valence-corrected chi connectivity index (χ1v) is 8.69. The highest BCUT2D eigenvalue weighted by molar-refractivity contribution is 7.99. The van der Waals surface area contributed by atoms with Crippen molar-refractivity contribution in [3.8, 4) is 0 Å². The lowest BCUT2D eigenvalue weighted by Crippen LogP contribution is -2.51. The molecule has 2 N–H and O–H groups in total. The van der Waals surface area contributed by atoms with Crippen LogP contribution in [-0.4, -0.2) is 52.6 Å². The van der Waals surface area contributed by atoms with Crippen LogP contribution >= 0.6 is 24.0 Å². The lowest BCUT2D eigenvalue weighted by atomic mass is 9.93. The normalized spacial score (nSPS) is 30.6. The van der Waals surface area contributed by atoms with Gasteiger partial charge in [-0.3, -0.25) is 4.79 Å². The Kier molecular flexibility index (Phi) is 4.97. The highest BCUT2D eigenvalue weighted by Gasteiger charge is 2.43. The van der Waals surface area contributed by atoms with Crippen molar-refractivity contribution in [2.45, 2.75) is 51.1 Å². The van der Waals surface area contributed by atoms with Crippen LogP contribution in [0.4, 0.5) is 0 Å². The molecule has 4 nitrogen and oxygen atoms in total. The van der Waals surface area contributed by atoms with Crippen LogP contribution < -0.4 is 10.6 Å². The largest absolute Gasteiger partial charge is 0.367 e. The van der Waals surface area contributed by atoms with Crippen LogP contribution in [0.5, 0.6) is 0 Å². The zero-order chi connectivity index (χ0) is 14.9. The van der Waals surface area contributed by atoms with Crippen LogP contribution in [0.1, 0.15) is 33.6 Å². The van der Waals surface area contributed by atoms with Gasteiger partial charge in [0, 0.05) is 6.54 Å². The quantitative estimate of drug-likeness (QED) is 0.775. The molecule has 0 aromatic heterocycles. The van der Waals surface area contributed by atoms with Gasteiger partial charge in [0.1, 0.15) is 6.04 Å². The summed E-state index contributed by atoms with van der Waals surface area (Å²) in [7, 11) is 1.88. The third-order valence-corrected chi connectivity index (χ3v) is 5.86. The minimum absolute atomic E-state index is 0.0968. The molecule has 1 amide bonds. The van der Waals surface area contributed by atoms with E-state index in [1.807, 2.05) is 25.7 Å². The van der Waals surface area contributed by atoms with E-state index in [0.29, 0.717) is 5.37 Å². The number of carbonyl (C=O) groups is 1. The molecule has 2 fully saturated rings. The second-order valence-electron chi connectivity index (χ2n) is 6.52. The third kappa shape index (κ3) is 3.46. The summed E-state index contributed by atoms with van der Waals surface area (Å²) >= 11 is 7.28. The molecule has 2 rings (SSSR count). The predicted octanol–water partition coefficient (Wildman–Crippen LogP) is 1.60. The number of likely N-dealkylation sites (N-methyl/N-ethyl adjacent to an activating group) is 1. The number of carbonyl (C=O) groups excluding carboxylic acids is 1. The molecule has 3 atom stereocenters. The van der Waals surface area contributed by atoms with Crippen LogP contribution in [0.15, 0.2) is 0 Å². The number of nitrogens with zero attached hydrogens (tertiary/aromatic N) is 1. The summed E-state index contributed by atoms with van der Waals surface area (Å²) in [6.45, 7) is 7.35. The zero-order valence-electron chi connectivity index (χ0n) is 12.7. The van der Waals surface area contributed by atoms with Crippen LogP contribution in [0, 0.1) is 5.41 Å². The molecule has 20 heavy (non-hydrogen) atoms. The van der Waals surface area contributed by atoms with Gasteiger partial charge < -0.3 is 15.5 Å². The Morgan fingerprint density at radius 1 is 1.55 bits per heavy atom. The highest BCUT2D eigenvalue weighted by atomic mass is 32.2. The topological polar surface area (TPSA) is 44.4 Å². The molecule has 2 aliphatic heterocycles. The van der Waals surface area contributed by atoms with Crippen molar-refractivity contribution in [1.82, 2.24) is 15.5 Å². The number of nitrogens with one attached hydrogen (secondary N) is 2. The molecule has 0 radical (unpaired) electrons. The van der Waals surface area contributed by atoms with E-state index in [-0.39, 0.29) is 23.4 Å². The fraction of sp³-hybridized carbons (Fsp3) is 0.857. The van der Waals surface area contributed by atoms with E-state index in [1.54, 1.807) is 0 Å². The number of thioether (sulfide) groups is 1. The summed E-state index contributed by atoms with van der Waals surface area (Å²) in [4.78, 5) is 15.5. The standard InChI is InChI=1S/C14H25N3OS2/c1-9(15-4)12(19)16-10-5-6-20-11-7-14(2,3)8-17(11)13(10)18/h9-11,15H,5-8H2,1-4H3,(H,16,19)/t9-,10-,11-/m0/s1. The smallest absolute Gasteiger partial charge is 0.246 e. The Morgan fingerprint density at radius 2 is 2.25 bits per heavy atom. The van der Waals surface area contributed by atoms with E-state index in [2.05, 4.69) is 29.4 Å². The molecule has 0 aliphatic carbocycles. The molecular weight excluding hydrogens is 290 g/mol. The molecular formula is C14H25N3OS2. The number of hydrogen-bond acceptors (Lipinski definition) is 4.